The highest BCUT2D eigenvalue weighted by Gasteiger charge is 2.17. The molecule has 2 aromatic rings. The van der Waals surface area contributed by atoms with Gasteiger partial charge in [-0.2, -0.15) is 0 Å². The number of hydrogen-bond acceptors (Lipinski definition) is 3. The van der Waals surface area contributed by atoms with E-state index in [1.807, 2.05) is 6.07 Å². The molecule has 1 saturated heterocycles. The number of benzene rings is 2. The Morgan fingerprint density at radius 3 is 2.25 bits per heavy atom. The lowest BCUT2D eigenvalue weighted by Gasteiger charge is -2.35. The quantitative estimate of drug-likeness (QED) is 0.849. The van der Waals surface area contributed by atoms with Crippen molar-refractivity contribution in [3.63, 3.8) is 0 Å². The van der Waals surface area contributed by atoms with Crippen molar-refractivity contribution in [1.29, 1.82) is 0 Å². The van der Waals surface area contributed by atoms with Crippen LogP contribution in [-0.2, 0) is 0 Å². The maximum atomic E-state index is 6.43. The summed E-state index contributed by atoms with van der Waals surface area (Å²) in [6.45, 7) is 4.27. The summed E-state index contributed by atoms with van der Waals surface area (Å²) in [4.78, 5) is 4.75. The molecule has 1 aliphatic heterocycles. The number of likely N-dealkylation sites (N-methyl/N-ethyl adjacent to an activating group) is 1. The van der Waals surface area contributed by atoms with Gasteiger partial charge in [-0.1, -0.05) is 42.5 Å². The third-order valence-corrected chi connectivity index (χ3v) is 4.01. The lowest BCUT2D eigenvalue weighted by atomic mass is 10.0. The number of rotatable bonds is 2. The fourth-order valence-electron chi connectivity index (χ4n) is 2.75. The van der Waals surface area contributed by atoms with E-state index in [0.29, 0.717) is 0 Å². The molecule has 20 heavy (non-hydrogen) atoms. The third kappa shape index (κ3) is 2.49. The first-order valence-electron chi connectivity index (χ1n) is 7.13. The molecule has 104 valence electrons. The smallest absolute Gasteiger partial charge is 0.0631 e. The van der Waals surface area contributed by atoms with E-state index in [1.165, 1.54) is 11.3 Å². The van der Waals surface area contributed by atoms with E-state index in [4.69, 9.17) is 5.73 Å². The monoisotopic (exact) mass is 267 g/mol. The summed E-state index contributed by atoms with van der Waals surface area (Å²) in [7, 11) is 2.17. The van der Waals surface area contributed by atoms with Gasteiger partial charge in [0, 0.05) is 31.7 Å². The molecule has 0 radical (unpaired) electrons. The molecule has 0 saturated carbocycles. The molecule has 0 atom stereocenters. The molecule has 0 bridgehead atoms. The van der Waals surface area contributed by atoms with Gasteiger partial charge in [0.15, 0.2) is 0 Å². The van der Waals surface area contributed by atoms with Crippen LogP contribution in [0.3, 0.4) is 0 Å². The Balaban J connectivity index is 1.94. The minimum Gasteiger partial charge on any atom is -0.397 e. The molecule has 0 amide bonds. The second-order valence-corrected chi connectivity index (χ2v) is 5.39. The Labute approximate surface area is 120 Å². The van der Waals surface area contributed by atoms with Gasteiger partial charge in [-0.25, -0.2) is 0 Å². The Hall–Kier alpha value is -2.00. The molecular formula is C17H21N3. The maximum absolute atomic E-state index is 6.43. The standard InChI is InChI=1S/C17H21N3/c1-19-10-12-20(13-11-19)16-9-5-8-15(17(16)18)14-6-3-2-4-7-14/h2-9H,10-13,18H2,1H3. The predicted octanol–water partition coefficient (Wildman–Crippen LogP) is 2.69. The van der Waals surface area contributed by atoms with Crippen LogP contribution in [0.5, 0.6) is 0 Å². The van der Waals surface area contributed by atoms with Crippen LogP contribution < -0.4 is 10.6 Å². The summed E-state index contributed by atoms with van der Waals surface area (Å²) < 4.78 is 0. The Bertz CT molecular complexity index is 572. The molecule has 1 heterocycles. The maximum Gasteiger partial charge on any atom is 0.0631 e. The number of para-hydroxylation sites is 1. The van der Waals surface area contributed by atoms with Crippen molar-refractivity contribution in [2.24, 2.45) is 0 Å². The first-order chi connectivity index (χ1) is 9.75. The van der Waals surface area contributed by atoms with Gasteiger partial charge in [0.25, 0.3) is 0 Å². The number of anilines is 2. The van der Waals surface area contributed by atoms with Crippen molar-refractivity contribution in [3.05, 3.63) is 48.5 Å². The lowest BCUT2D eigenvalue weighted by Crippen LogP contribution is -2.44. The van der Waals surface area contributed by atoms with E-state index in [9.17, 15) is 0 Å². The van der Waals surface area contributed by atoms with Crippen LogP contribution in [0.25, 0.3) is 11.1 Å². The van der Waals surface area contributed by atoms with Crippen LogP contribution >= 0.6 is 0 Å². The summed E-state index contributed by atoms with van der Waals surface area (Å²) in [5.41, 5.74) is 10.8. The van der Waals surface area contributed by atoms with Gasteiger partial charge in [-0.05, 0) is 18.7 Å². The largest absolute Gasteiger partial charge is 0.397 e. The summed E-state index contributed by atoms with van der Waals surface area (Å²) >= 11 is 0. The second kappa shape index (κ2) is 5.55. The fourth-order valence-corrected chi connectivity index (χ4v) is 2.75. The van der Waals surface area contributed by atoms with Gasteiger partial charge in [-0.15, -0.1) is 0 Å². The van der Waals surface area contributed by atoms with Crippen molar-refractivity contribution in [2.45, 2.75) is 0 Å². The number of nitrogens with two attached hydrogens (primary N) is 1. The summed E-state index contributed by atoms with van der Waals surface area (Å²) in [5.74, 6) is 0. The van der Waals surface area contributed by atoms with E-state index in [2.05, 4.69) is 59.3 Å². The van der Waals surface area contributed by atoms with Crippen LogP contribution in [0.15, 0.2) is 48.5 Å². The molecule has 3 heteroatoms. The predicted molar refractivity (Wildman–Crippen MR) is 86.0 cm³/mol. The Morgan fingerprint density at radius 2 is 1.55 bits per heavy atom. The second-order valence-electron chi connectivity index (χ2n) is 5.39. The molecule has 2 aromatic carbocycles. The van der Waals surface area contributed by atoms with E-state index in [-0.39, 0.29) is 0 Å². The topological polar surface area (TPSA) is 32.5 Å². The van der Waals surface area contributed by atoms with Gasteiger partial charge < -0.3 is 15.5 Å². The highest BCUT2D eigenvalue weighted by Crippen LogP contribution is 2.34. The van der Waals surface area contributed by atoms with E-state index >= 15 is 0 Å². The summed E-state index contributed by atoms with van der Waals surface area (Å²) in [6, 6.07) is 16.7. The average molecular weight is 267 g/mol. The zero-order valence-corrected chi connectivity index (χ0v) is 11.9. The van der Waals surface area contributed by atoms with Crippen LogP contribution in [-0.4, -0.2) is 38.1 Å². The van der Waals surface area contributed by atoms with Crippen LogP contribution in [0, 0.1) is 0 Å². The number of nitrogens with zero attached hydrogens (tertiary/aromatic N) is 2. The van der Waals surface area contributed by atoms with Crippen molar-refractivity contribution in [3.8, 4) is 11.1 Å². The molecule has 0 aromatic heterocycles. The minimum absolute atomic E-state index is 0.892. The first-order valence-corrected chi connectivity index (χ1v) is 7.13. The molecule has 1 fully saturated rings. The van der Waals surface area contributed by atoms with Crippen molar-refractivity contribution in [1.82, 2.24) is 4.90 Å². The van der Waals surface area contributed by atoms with E-state index in [1.54, 1.807) is 0 Å². The van der Waals surface area contributed by atoms with E-state index in [0.717, 1.165) is 37.4 Å². The minimum atomic E-state index is 0.892. The van der Waals surface area contributed by atoms with Crippen molar-refractivity contribution >= 4 is 11.4 Å². The lowest BCUT2D eigenvalue weighted by molar-refractivity contribution is 0.313. The molecule has 0 spiro atoms. The molecular weight excluding hydrogens is 246 g/mol. The first kappa shape index (κ1) is 13.0. The molecule has 3 nitrogen and oxygen atoms in total. The number of nitrogen functional groups attached to an aromatic ring is 1. The average Bonchev–Trinajstić information content (AvgIpc) is 2.49. The Morgan fingerprint density at radius 1 is 0.850 bits per heavy atom. The van der Waals surface area contributed by atoms with Crippen LogP contribution in [0.1, 0.15) is 0 Å². The normalized spacial score (nSPS) is 16.4. The zero-order chi connectivity index (χ0) is 13.9. The molecule has 0 unspecified atom stereocenters. The highest BCUT2D eigenvalue weighted by molar-refractivity contribution is 5.85. The van der Waals surface area contributed by atoms with Gasteiger partial charge in [0.05, 0.1) is 11.4 Å². The molecule has 1 aliphatic rings. The number of hydrogen-bond donors (Lipinski definition) is 1. The van der Waals surface area contributed by atoms with Crippen LogP contribution in [0.2, 0.25) is 0 Å². The number of piperazine rings is 1. The van der Waals surface area contributed by atoms with Gasteiger partial charge in [-0.3, -0.25) is 0 Å². The third-order valence-electron chi connectivity index (χ3n) is 4.01. The molecule has 2 N–H and O–H groups in total. The van der Waals surface area contributed by atoms with Crippen LogP contribution in [0.4, 0.5) is 11.4 Å². The summed E-state index contributed by atoms with van der Waals surface area (Å²) in [5, 5.41) is 0. The highest BCUT2D eigenvalue weighted by atomic mass is 15.2. The molecule has 0 aliphatic carbocycles. The summed E-state index contributed by atoms with van der Waals surface area (Å²) in [6.07, 6.45) is 0. The SMILES string of the molecule is CN1CCN(c2cccc(-c3ccccc3)c2N)CC1. The van der Waals surface area contributed by atoms with Gasteiger partial charge in [0.1, 0.15) is 0 Å². The van der Waals surface area contributed by atoms with Crippen molar-refractivity contribution < 1.29 is 0 Å². The van der Waals surface area contributed by atoms with Gasteiger partial charge >= 0.3 is 0 Å². The fraction of sp³-hybridized carbons (Fsp3) is 0.294. The molecule has 3 rings (SSSR count). The van der Waals surface area contributed by atoms with Crippen molar-refractivity contribution in [2.75, 3.05) is 43.9 Å². The van der Waals surface area contributed by atoms with Gasteiger partial charge in [0.2, 0.25) is 0 Å². The zero-order valence-electron chi connectivity index (χ0n) is 11.9. The van der Waals surface area contributed by atoms with E-state index < -0.39 is 0 Å². The Kier molecular flexibility index (Phi) is 3.61.